The standard InChI is InChI=1S/C19H27N5O2S/c1-4-20-17(25)14(2)27-19-22-21-18(23-12-8-5-9-13-23)24(19)15-10-6-7-11-16(15)26-3/h6-7,10-11,14H,4-5,8-9,12-13H2,1-3H3,(H,20,25)/t14-/m0/s1. The van der Waals surface area contributed by atoms with Crippen molar-refractivity contribution in [2.45, 2.75) is 43.5 Å². The lowest BCUT2D eigenvalue weighted by Gasteiger charge is -2.28. The van der Waals surface area contributed by atoms with E-state index in [1.165, 1.54) is 18.2 Å². The molecular weight excluding hydrogens is 362 g/mol. The van der Waals surface area contributed by atoms with Gasteiger partial charge in [-0.15, -0.1) is 10.2 Å². The molecule has 0 radical (unpaired) electrons. The van der Waals surface area contributed by atoms with Crippen LogP contribution in [0, 0.1) is 0 Å². The molecule has 0 saturated carbocycles. The molecule has 1 fully saturated rings. The van der Waals surface area contributed by atoms with Gasteiger partial charge in [0.25, 0.3) is 0 Å². The minimum atomic E-state index is -0.267. The third kappa shape index (κ3) is 4.37. The number of nitrogens with one attached hydrogen (secondary N) is 1. The molecule has 7 nitrogen and oxygen atoms in total. The van der Waals surface area contributed by atoms with Gasteiger partial charge >= 0.3 is 0 Å². The fraction of sp³-hybridized carbons (Fsp3) is 0.526. The van der Waals surface area contributed by atoms with E-state index in [0.717, 1.165) is 43.3 Å². The van der Waals surface area contributed by atoms with E-state index >= 15 is 0 Å². The summed E-state index contributed by atoms with van der Waals surface area (Å²) in [7, 11) is 1.66. The number of benzene rings is 1. The Morgan fingerprint density at radius 2 is 2.00 bits per heavy atom. The van der Waals surface area contributed by atoms with Crippen molar-refractivity contribution >= 4 is 23.6 Å². The van der Waals surface area contributed by atoms with Crippen LogP contribution in [0.25, 0.3) is 5.69 Å². The molecule has 1 aromatic carbocycles. The van der Waals surface area contributed by atoms with E-state index < -0.39 is 0 Å². The van der Waals surface area contributed by atoms with Crippen molar-refractivity contribution in [1.82, 2.24) is 20.1 Å². The zero-order chi connectivity index (χ0) is 19.2. The largest absolute Gasteiger partial charge is 0.495 e. The van der Waals surface area contributed by atoms with Crippen LogP contribution in [0.3, 0.4) is 0 Å². The molecule has 2 aromatic rings. The van der Waals surface area contributed by atoms with Gasteiger partial charge in [-0.3, -0.25) is 9.36 Å². The van der Waals surface area contributed by atoms with E-state index in [2.05, 4.69) is 20.4 Å². The van der Waals surface area contributed by atoms with E-state index in [0.29, 0.717) is 11.7 Å². The summed E-state index contributed by atoms with van der Waals surface area (Å²) in [5, 5.41) is 12.2. The molecule has 0 bridgehead atoms. The fourth-order valence-electron chi connectivity index (χ4n) is 3.19. The molecule has 1 amide bonds. The summed E-state index contributed by atoms with van der Waals surface area (Å²) in [6, 6.07) is 7.84. The van der Waals surface area contributed by atoms with Crippen LogP contribution in [0.15, 0.2) is 29.4 Å². The minimum absolute atomic E-state index is 0.00315. The normalized spacial score (nSPS) is 15.4. The van der Waals surface area contributed by atoms with Gasteiger partial charge in [-0.25, -0.2) is 0 Å². The fourth-order valence-corrected chi connectivity index (χ4v) is 4.07. The van der Waals surface area contributed by atoms with Crippen LogP contribution < -0.4 is 15.0 Å². The summed E-state index contributed by atoms with van der Waals surface area (Å²) >= 11 is 1.41. The Hall–Kier alpha value is -2.22. The second-order valence-electron chi connectivity index (χ2n) is 6.49. The number of amides is 1. The Balaban J connectivity index is 2.00. The van der Waals surface area contributed by atoms with Crippen LogP contribution >= 0.6 is 11.8 Å². The van der Waals surface area contributed by atoms with Crippen LogP contribution in [-0.2, 0) is 4.79 Å². The highest BCUT2D eigenvalue weighted by Gasteiger charge is 2.25. The van der Waals surface area contributed by atoms with Crippen LogP contribution in [0.4, 0.5) is 5.95 Å². The van der Waals surface area contributed by atoms with Gasteiger partial charge in [-0.1, -0.05) is 23.9 Å². The molecule has 1 aliphatic rings. The second-order valence-corrected chi connectivity index (χ2v) is 7.80. The Labute approximate surface area is 164 Å². The number of nitrogens with zero attached hydrogens (tertiary/aromatic N) is 4. The Morgan fingerprint density at radius 1 is 1.26 bits per heavy atom. The Kier molecular flexibility index (Phi) is 6.60. The molecule has 8 heteroatoms. The predicted octanol–water partition coefficient (Wildman–Crippen LogP) is 2.88. The first-order chi connectivity index (χ1) is 13.2. The summed E-state index contributed by atoms with van der Waals surface area (Å²) in [5.41, 5.74) is 0.885. The molecule has 0 aliphatic carbocycles. The van der Waals surface area contributed by atoms with Gasteiger partial charge in [0.2, 0.25) is 11.9 Å². The quantitative estimate of drug-likeness (QED) is 0.734. The van der Waals surface area contributed by atoms with Crippen LogP contribution in [0.5, 0.6) is 5.75 Å². The molecule has 1 atom stereocenters. The van der Waals surface area contributed by atoms with E-state index in [4.69, 9.17) is 4.74 Å². The minimum Gasteiger partial charge on any atom is -0.495 e. The highest BCUT2D eigenvalue weighted by Crippen LogP contribution is 2.34. The molecule has 1 aromatic heterocycles. The van der Waals surface area contributed by atoms with Crippen LogP contribution in [0.2, 0.25) is 0 Å². The lowest BCUT2D eigenvalue weighted by molar-refractivity contribution is -0.120. The number of aromatic nitrogens is 3. The van der Waals surface area contributed by atoms with E-state index in [-0.39, 0.29) is 11.2 Å². The molecule has 146 valence electrons. The molecule has 2 heterocycles. The molecule has 3 rings (SSSR count). The summed E-state index contributed by atoms with van der Waals surface area (Å²) in [4.78, 5) is 14.5. The number of hydrogen-bond acceptors (Lipinski definition) is 6. The molecule has 0 unspecified atom stereocenters. The maximum atomic E-state index is 12.2. The predicted molar refractivity (Wildman–Crippen MR) is 108 cm³/mol. The lowest BCUT2D eigenvalue weighted by atomic mass is 10.1. The first kappa shape index (κ1) is 19.5. The highest BCUT2D eigenvalue weighted by atomic mass is 32.2. The molecule has 1 saturated heterocycles. The second kappa shape index (κ2) is 9.12. The Morgan fingerprint density at radius 3 is 2.70 bits per heavy atom. The van der Waals surface area contributed by atoms with Crippen molar-refractivity contribution in [2.24, 2.45) is 0 Å². The monoisotopic (exact) mass is 389 g/mol. The number of para-hydroxylation sites is 2. The maximum absolute atomic E-state index is 12.2. The third-order valence-electron chi connectivity index (χ3n) is 4.58. The van der Waals surface area contributed by atoms with Gasteiger partial charge in [0.15, 0.2) is 5.16 Å². The summed E-state index contributed by atoms with van der Waals surface area (Å²) in [6.45, 7) is 6.34. The van der Waals surface area contributed by atoms with Crippen molar-refractivity contribution in [3.63, 3.8) is 0 Å². The first-order valence-corrected chi connectivity index (χ1v) is 10.3. The molecule has 1 aliphatic heterocycles. The van der Waals surface area contributed by atoms with E-state index in [9.17, 15) is 4.79 Å². The topological polar surface area (TPSA) is 72.3 Å². The lowest BCUT2D eigenvalue weighted by Crippen LogP contribution is -2.32. The number of carbonyl (C=O) groups is 1. The number of carbonyl (C=O) groups excluding carboxylic acids is 1. The number of thioether (sulfide) groups is 1. The smallest absolute Gasteiger partial charge is 0.233 e. The van der Waals surface area contributed by atoms with Crippen molar-refractivity contribution in [1.29, 1.82) is 0 Å². The molecular formula is C19H27N5O2S. The maximum Gasteiger partial charge on any atom is 0.233 e. The van der Waals surface area contributed by atoms with Crippen molar-refractivity contribution in [3.8, 4) is 11.4 Å². The molecule has 1 N–H and O–H groups in total. The van der Waals surface area contributed by atoms with Crippen LogP contribution in [-0.4, -0.2) is 52.7 Å². The number of piperidine rings is 1. The molecule has 27 heavy (non-hydrogen) atoms. The van der Waals surface area contributed by atoms with Gasteiger partial charge in [0.05, 0.1) is 18.0 Å². The van der Waals surface area contributed by atoms with E-state index in [1.807, 2.05) is 42.7 Å². The summed E-state index contributed by atoms with van der Waals surface area (Å²) in [6.07, 6.45) is 3.54. The number of anilines is 1. The zero-order valence-electron chi connectivity index (χ0n) is 16.1. The van der Waals surface area contributed by atoms with Gasteiger partial charge in [0.1, 0.15) is 5.75 Å². The number of ether oxygens (including phenoxy) is 1. The average molecular weight is 390 g/mol. The summed E-state index contributed by atoms with van der Waals surface area (Å²) < 4.78 is 7.59. The van der Waals surface area contributed by atoms with Crippen LogP contribution in [0.1, 0.15) is 33.1 Å². The SMILES string of the molecule is CCNC(=O)[C@H](C)Sc1nnc(N2CCCCC2)n1-c1ccccc1OC. The zero-order valence-corrected chi connectivity index (χ0v) is 17.0. The summed E-state index contributed by atoms with van der Waals surface area (Å²) in [5.74, 6) is 1.56. The molecule has 0 spiro atoms. The van der Waals surface area contributed by atoms with Gasteiger partial charge in [0, 0.05) is 19.6 Å². The average Bonchev–Trinajstić information content (AvgIpc) is 3.12. The van der Waals surface area contributed by atoms with Gasteiger partial charge in [-0.05, 0) is 45.2 Å². The van der Waals surface area contributed by atoms with E-state index in [1.54, 1.807) is 7.11 Å². The van der Waals surface area contributed by atoms with Crippen molar-refractivity contribution in [2.75, 3.05) is 31.6 Å². The van der Waals surface area contributed by atoms with Crippen molar-refractivity contribution < 1.29 is 9.53 Å². The Bertz CT molecular complexity index is 773. The van der Waals surface area contributed by atoms with Gasteiger partial charge in [-0.2, -0.15) is 0 Å². The van der Waals surface area contributed by atoms with Crippen molar-refractivity contribution in [3.05, 3.63) is 24.3 Å². The first-order valence-electron chi connectivity index (χ1n) is 9.43. The number of hydrogen-bond donors (Lipinski definition) is 1. The number of methoxy groups -OCH3 is 1. The van der Waals surface area contributed by atoms with Gasteiger partial charge < -0.3 is 15.0 Å². The highest BCUT2D eigenvalue weighted by molar-refractivity contribution is 8.00. The number of rotatable bonds is 7. The third-order valence-corrected chi connectivity index (χ3v) is 5.63.